The number of aromatic nitrogens is 2. The summed E-state index contributed by atoms with van der Waals surface area (Å²) in [6.45, 7) is 2.44. The van der Waals surface area contributed by atoms with Crippen LogP contribution in [-0.4, -0.2) is 53.6 Å². The fourth-order valence-corrected chi connectivity index (χ4v) is 5.33. The van der Waals surface area contributed by atoms with Gasteiger partial charge >= 0.3 is 0 Å². The molecule has 35 heavy (non-hydrogen) atoms. The maximum absolute atomic E-state index is 12.9. The molecular formula is C24H24ClN5O4S. The van der Waals surface area contributed by atoms with Crippen LogP contribution in [0.4, 0.5) is 5.82 Å². The number of carbonyl (C=O) groups excluding carboxylic acids is 2. The Balaban J connectivity index is 1.38. The van der Waals surface area contributed by atoms with Crippen LogP contribution in [0.15, 0.2) is 65.8 Å². The van der Waals surface area contributed by atoms with Crippen LogP contribution in [0, 0.1) is 6.92 Å². The number of nitrogens with zero attached hydrogens (tertiary/aromatic N) is 3. The molecule has 0 spiro atoms. The van der Waals surface area contributed by atoms with Crippen molar-refractivity contribution in [1.29, 1.82) is 0 Å². The zero-order valence-corrected chi connectivity index (χ0v) is 20.5. The van der Waals surface area contributed by atoms with Crippen molar-refractivity contribution in [3.05, 3.63) is 82.8 Å². The van der Waals surface area contributed by atoms with Crippen LogP contribution < -0.4 is 10.6 Å². The molecule has 2 amide bonds. The maximum Gasteiger partial charge on any atom is 0.273 e. The number of anilines is 1. The van der Waals surface area contributed by atoms with Crippen molar-refractivity contribution in [1.82, 2.24) is 19.6 Å². The number of aryl methyl sites for hydroxylation is 1. The molecule has 1 saturated heterocycles. The number of benzene rings is 2. The average molecular weight is 514 g/mol. The number of sulfonamides is 1. The smallest absolute Gasteiger partial charge is 0.273 e. The number of hydrogen-bond acceptors (Lipinski definition) is 6. The molecule has 1 aliphatic rings. The first kappa shape index (κ1) is 24.8. The number of hydrogen-bond donors (Lipinski definition) is 2. The van der Waals surface area contributed by atoms with E-state index >= 15 is 0 Å². The second-order valence-electron chi connectivity index (χ2n) is 8.18. The Kier molecular flexibility index (Phi) is 7.44. The molecule has 1 aromatic heterocycles. The zero-order valence-electron chi connectivity index (χ0n) is 18.9. The van der Waals surface area contributed by atoms with E-state index in [0.717, 1.165) is 5.56 Å². The minimum Gasteiger partial charge on any atom is -0.348 e. The lowest BCUT2D eigenvalue weighted by atomic mass is 10.1. The van der Waals surface area contributed by atoms with Crippen molar-refractivity contribution >= 4 is 39.3 Å². The van der Waals surface area contributed by atoms with Crippen molar-refractivity contribution in [3.63, 3.8) is 0 Å². The van der Waals surface area contributed by atoms with E-state index in [0.29, 0.717) is 23.4 Å². The van der Waals surface area contributed by atoms with Crippen LogP contribution in [-0.2, 0) is 10.0 Å². The predicted octanol–water partition coefficient (Wildman–Crippen LogP) is 3.27. The SMILES string of the molecule is Cc1ccc(C(=O)Nc2nccnc2C(=O)NC2CCN(S(=O)(=O)c3ccc(Cl)cc3)CC2)cc1. The Morgan fingerprint density at radius 2 is 1.57 bits per heavy atom. The molecule has 0 unspecified atom stereocenters. The van der Waals surface area contributed by atoms with Crippen LogP contribution >= 0.6 is 11.6 Å². The van der Waals surface area contributed by atoms with Crippen LogP contribution in [0.3, 0.4) is 0 Å². The van der Waals surface area contributed by atoms with Gasteiger partial charge in [-0.25, -0.2) is 18.4 Å². The number of piperidine rings is 1. The fraction of sp³-hybridized carbons (Fsp3) is 0.250. The number of carbonyl (C=O) groups is 2. The van der Waals surface area contributed by atoms with Crippen LogP contribution in [0.2, 0.25) is 5.02 Å². The molecule has 9 nitrogen and oxygen atoms in total. The third kappa shape index (κ3) is 5.84. The summed E-state index contributed by atoms with van der Waals surface area (Å²) in [4.78, 5) is 33.9. The predicted molar refractivity (Wildman–Crippen MR) is 132 cm³/mol. The van der Waals surface area contributed by atoms with Gasteiger partial charge in [0.1, 0.15) is 0 Å². The van der Waals surface area contributed by atoms with Gasteiger partial charge in [0.25, 0.3) is 11.8 Å². The molecule has 1 fully saturated rings. The van der Waals surface area contributed by atoms with E-state index in [1.165, 1.54) is 41.0 Å². The summed E-state index contributed by atoms with van der Waals surface area (Å²) in [7, 11) is -3.64. The lowest BCUT2D eigenvalue weighted by Gasteiger charge is -2.31. The highest BCUT2D eigenvalue weighted by molar-refractivity contribution is 7.89. The quantitative estimate of drug-likeness (QED) is 0.521. The first-order chi connectivity index (χ1) is 16.7. The van der Waals surface area contributed by atoms with Gasteiger partial charge in [-0.1, -0.05) is 29.3 Å². The van der Waals surface area contributed by atoms with Gasteiger partial charge in [-0.2, -0.15) is 4.31 Å². The molecule has 2 heterocycles. The summed E-state index contributed by atoms with van der Waals surface area (Å²) in [5.41, 5.74) is 1.44. The summed E-state index contributed by atoms with van der Waals surface area (Å²) in [6.07, 6.45) is 3.63. The van der Waals surface area contributed by atoms with E-state index in [4.69, 9.17) is 11.6 Å². The molecule has 0 aliphatic carbocycles. The highest BCUT2D eigenvalue weighted by atomic mass is 35.5. The minimum atomic E-state index is -3.64. The number of rotatable bonds is 6. The summed E-state index contributed by atoms with van der Waals surface area (Å²) < 4.78 is 27.1. The van der Waals surface area contributed by atoms with Gasteiger partial charge in [-0.15, -0.1) is 0 Å². The molecule has 0 saturated carbocycles. The molecule has 0 radical (unpaired) electrons. The van der Waals surface area contributed by atoms with Gasteiger partial charge in [0, 0.05) is 42.1 Å². The van der Waals surface area contributed by atoms with Gasteiger partial charge in [-0.05, 0) is 56.2 Å². The molecule has 4 rings (SSSR count). The van der Waals surface area contributed by atoms with Crippen molar-refractivity contribution in [3.8, 4) is 0 Å². The van der Waals surface area contributed by atoms with Crippen LogP contribution in [0.1, 0.15) is 39.3 Å². The molecule has 1 aliphatic heterocycles. The van der Waals surface area contributed by atoms with Gasteiger partial charge in [0.15, 0.2) is 11.5 Å². The zero-order chi connectivity index (χ0) is 25.0. The first-order valence-electron chi connectivity index (χ1n) is 11.0. The van der Waals surface area contributed by atoms with E-state index in [1.807, 2.05) is 19.1 Å². The third-order valence-corrected chi connectivity index (χ3v) is 7.86. The van der Waals surface area contributed by atoms with Gasteiger partial charge in [0.05, 0.1) is 4.90 Å². The maximum atomic E-state index is 12.9. The third-order valence-electron chi connectivity index (χ3n) is 5.70. The van der Waals surface area contributed by atoms with Gasteiger partial charge in [0.2, 0.25) is 10.0 Å². The Hall–Kier alpha value is -3.34. The number of amides is 2. The average Bonchev–Trinajstić information content (AvgIpc) is 2.85. The van der Waals surface area contributed by atoms with Crippen molar-refractivity contribution in [2.24, 2.45) is 0 Å². The lowest BCUT2D eigenvalue weighted by Crippen LogP contribution is -2.46. The normalized spacial score (nSPS) is 14.9. The molecule has 2 N–H and O–H groups in total. The van der Waals surface area contributed by atoms with Gasteiger partial charge in [-0.3, -0.25) is 9.59 Å². The van der Waals surface area contributed by atoms with E-state index in [9.17, 15) is 18.0 Å². The molecule has 2 aromatic carbocycles. The fourth-order valence-electron chi connectivity index (χ4n) is 3.73. The Morgan fingerprint density at radius 3 is 2.23 bits per heavy atom. The Bertz CT molecular complexity index is 1320. The monoisotopic (exact) mass is 513 g/mol. The van der Waals surface area contributed by atoms with E-state index < -0.39 is 21.8 Å². The molecule has 182 valence electrons. The largest absolute Gasteiger partial charge is 0.348 e. The van der Waals surface area contributed by atoms with E-state index in [1.54, 1.807) is 12.1 Å². The topological polar surface area (TPSA) is 121 Å². The van der Waals surface area contributed by atoms with Crippen LogP contribution in [0.5, 0.6) is 0 Å². The lowest BCUT2D eigenvalue weighted by molar-refractivity contribution is 0.0919. The first-order valence-corrected chi connectivity index (χ1v) is 12.8. The second-order valence-corrected chi connectivity index (χ2v) is 10.6. The van der Waals surface area contributed by atoms with Crippen LogP contribution in [0.25, 0.3) is 0 Å². The molecule has 3 aromatic rings. The summed E-state index contributed by atoms with van der Waals surface area (Å²) in [5, 5.41) is 5.99. The standard InChI is InChI=1S/C24H24ClN5O4S/c1-16-2-4-17(5-3-16)23(31)29-22-21(26-12-13-27-22)24(32)28-19-10-14-30(15-11-19)35(33,34)20-8-6-18(25)7-9-20/h2-9,12-13,19H,10-11,14-15H2,1H3,(H,28,32)(H,27,29,31). The second kappa shape index (κ2) is 10.5. The highest BCUT2D eigenvalue weighted by Gasteiger charge is 2.30. The van der Waals surface area contributed by atoms with E-state index in [2.05, 4.69) is 20.6 Å². The summed E-state index contributed by atoms with van der Waals surface area (Å²) in [5.74, 6) is -0.838. The highest BCUT2D eigenvalue weighted by Crippen LogP contribution is 2.22. The Morgan fingerprint density at radius 1 is 0.943 bits per heavy atom. The number of nitrogens with one attached hydrogen (secondary N) is 2. The summed E-state index contributed by atoms with van der Waals surface area (Å²) >= 11 is 5.86. The molecule has 11 heteroatoms. The Labute approximate surface area is 208 Å². The molecular weight excluding hydrogens is 490 g/mol. The minimum absolute atomic E-state index is 0.0100. The van der Waals surface area contributed by atoms with Crippen molar-refractivity contribution < 1.29 is 18.0 Å². The van der Waals surface area contributed by atoms with Crippen molar-refractivity contribution in [2.45, 2.75) is 30.7 Å². The number of halogens is 1. The van der Waals surface area contributed by atoms with E-state index in [-0.39, 0.29) is 35.5 Å². The van der Waals surface area contributed by atoms with Gasteiger partial charge < -0.3 is 10.6 Å². The molecule has 0 bridgehead atoms. The summed E-state index contributed by atoms with van der Waals surface area (Å²) in [6, 6.07) is 12.8. The molecule has 0 atom stereocenters. The van der Waals surface area contributed by atoms with Crippen molar-refractivity contribution in [2.75, 3.05) is 18.4 Å².